The molecule has 1 aromatic rings. The fourth-order valence-electron chi connectivity index (χ4n) is 5.11. The predicted molar refractivity (Wildman–Crippen MR) is 131 cm³/mol. The van der Waals surface area contributed by atoms with Gasteiger partial charge >= 0.3 is 0 Å². The molecule has 3 heterocycles. The van der Waals surface area contributed by atoms with Crippen molar-refractivity contribution in [3.8, 4) is 0 Å². The molecule has 13 heteroatoms. The van der Waals surface area contributed by atoms with Gasteiger partial charge in [-0.15, -0.1) is 0 Å². The Balaban J connectivity index is 1.47. The molecular formula is C25H33N3O10. The van der Waals surface area contributed by atoms with E-state index < -0.39 is 54.0 Å². The minimum absolute atomic E-state index is 0.0393. The summed E-state index contributed by atoms with van der Waals surface area (Å²) in [6.45, 7) is 2.08. The first-order valence-corrected chi connectivity index (χ1v) is 12.4. The van der Waals surface area contributed by atoms with E-state index in [0.717, 1.165) is 12.8 Å². The van der Waals surface area contributed by atoms with Crippen LogP contribution in [-0.4, -0.2) is 103 Å². The van der Waals surface area contributed by atoms with E-state index in [2.05, 4.69) is 10.6 Å². The Kier molecular flexibility index (Phi) is 8.18. The van der Waals surface area contributed by atoms with Crippen LogP contribution in [-0.2, 0) is 24.7 Å². The molecule has 0 unspecified atom stereocenters. The quantitative estimate of drug-likeness (QED) is 0.182. The number of fused-ring (bicyclic) bond motifs is 1. The summed E-state index contributed by atoms with van der Waals surface area (Å²) in [5.74, 6) is -2.55. The Morgan fingerprint density at radius 1 is 1.24 bits per heavy atom. The molecule has 0 bridgehead atoms. The zero-order chi connectivity index (χ0) is 27.8. The highest BCUT2D eigenvalue weighted by atomic mass is 16.6. The van der Waals surface area contributed by atoms with Crippen molar-refractivity contribution < 1.29 is 49.8 Å². The van der Waals surface area contributed by atoms with Crippen LogP contribution < -0.4 is 10.6 Å². The van der Waals surface area contributed by atoms with Crippen LogP contribution in [0.25, 0.3) is 0 Å². The largest absolute Gasteiger partial charge is 0.394 e. The lowest BCUT2D eigenvalue weighted by Gasteiger charge is -2.37. The lowest BCUT2D eigenvalue weighted by molar-refractivity contribution is -0.274. The average molecular weight is 536 g/mol. The summed E-state index contributed by atoms with van der Waals surface area (Å²) >= 11 is 0. The SMILES string of the molecule is C[C@H](/C=C/CC(=O)N1CCC[C@H]1CO)[C@@]1(O)C(=O)Nc2ccc(NC(=O)[C@H]3O[C@@H](O)[C@H](O)[C@@H](O)[C@@H]3O)cc21. The van der Waals surface area contributed by atoms with Crippen molar-refractivity contribution in [1.29, 1.82) is 0 Å². The first-order chi connectivity index (χ1) is 18.0. The van der Waals surface area contributed by atoms with Crippen molar-refractivity contribution in [3.05, 3.63) is 35.9 Å². The Morgan fingerprint density at radius 3 is 2.68 bits per heavy atom. The highest BCUT2D eigenvalue weighted by molar-refractivity contribution is 6.06. The first kappa shape index (κ1) is 28.1. The Morgan fingerprint density at radius 2 is 1.97 bits per heavy atom. The van der Waals surface area contributed by atoms with Gasteiger partial charge in [0.2, 0.25) is 5.91 Å². The molecule has 0 spiro atoms. The van der Waals surface area contributed by atoms with Gasteiger partial charge in [-0.2, -0.15) is 0 Å². The number of carbonyl (C=O) groups excluding carboxylic acids is 3. The van der Waals surface area contributed by atoms with Gasteiger partial charge in [-0.25, -0.2) is 0 Å². The molecular weight excluding hydrogens is 502 g/mol. The van der Waals surface area contributed by atoms with E-state index >= 15 is 0 Å². The number of nitrogens with zero attached hydrogens (tertiary/aromatic N) is 1. The van der Waals surface area contributed by atoms with Crippen molar-refractivity contribution >= 4 is 29.1 Å². The van der Waals surface area contributed by atoms with Crippen molar-refractivity contribution in [2.24, 2.45) is 5.92 Å². The fraction of sp³-hybridized carbons (Fsp3) is 0.560. The van der Waals surface area contributed by atoms with Gasteiger partial charge in [0.05, 0.1) is 12.6 Å². The topological polar surface area (TPSA) is 209 Å². The van der Waals surface area contributed by atoms with Gasteiger partial charge in [-0.1, -0.05) is 19.1 Å². The second-order valence-electron chi connectivity index (χ2n) is 9.88. The van der Waals surface area contributed by atoms with Crippen LogP contribution in [0.5, 0.6) is 0 Å². The van der Waals surface area contributed by atoms with Gasteiger partial charge in [0.25, 0.3) is 11.8 Å². The maximum Gasteiger partial charge on any atom is 0.261 e. The molecule has 3 aliphatic rings. The average Bonchev–Trinajstić information content (AvgIpc) is 3.47. The molecule has 0 saturated carbocycles. The van der Waals surface area contributed by atoms with E-state index in [1.165, 1.54) is 18.2 Å². The second kappa shape index (κ2) is 11.1. The molecule has 0 aromatic heterocycles. The lowest BCUT2D eigenvalue weighted by atomic mass is 9.82. The standard InChI is InChI=1S/C25H33N3O10/c1-12(4-2-6-17(30)28-9-3-5-14(28)11-29)25(37)15-10-13(7-8-16(15)27-24(25)36)26-22(34)21-19(32)18(31)20(33)23(35)38-21/h2,4,7-8,10,12,14,18-21,23,29,31-33,35,37H,3,5-6,9,11H2,1H3,(H,26,34)(H,27,36)/b4-2+/t12-,14+,18+,19+,20-,21+,23-,25+/m1/s1. The molecule has 3 amide bonds. The highest BCUT2D eigenvalue weighted by Crippen LogP contribution is 2.43. The summed E-state index contributed by atoms with van der Waals surface area (Å²) < 4.78 is 4.93. The molecule has 8 N–H and O–H groups in total. The van der Waals surface area contributed by atoms with Gasteiger partial charge in [0, 0.05) is 35.8 Å². The number of hydrogen-bond acceptors (Lipinski definition) is 10. The number of likely N-dealkylation sites (tertiary alicyclic amines) is 1. The van der Waals surface area contributed by atoms with Crippen LogP contribution in [0.2, 0.25) is 0 Å². The fourth-order valence-corrected chi connectivity index (χ4v) is 5.11. The third-order valence-corrected chi connectivity index (χ3v) is 7.42. The summed E-state index contributed by atoms with van der Waals surface area (Å²) in [7, 11) is 0. The zero-order valence-corrected chi connectivity index (χ0v) is 20.7. The summed E-state index contributed by atoms with van der Waals surface area (Å²) in [5, 5.41) is 65.1. The van der Waals surface area contributed by atoms with Crippen molar-refractivity contribution in [1.82, 2.24) is 4.90 Å². The summed E-state index contributed by atoms with van der Waals surface area (Å²) in [4.78, 5) is 39.6. The van der Waals surface area contributed by atoms with Gasteiger partial charge < -0.3 is 50.9 Å². The van der Waals surface area contributed by atoms with Gasteiger partial charge in [0.1, 0.15) is 18.3 Å². The van der Waals surface area contributed by atoms with Crippen LogP contribution in [0.4, 0.5) is 11.4 Å². The summed E-state index contributed by atoms with van der Waals surface area (Å²) in [6.07, 6.45) is -4.29. The third-order valence-electron chi connectivity index (χ3n) is 7.42. The predicted octanol–water partition coefficient (Wildman–Crippen LogP) is -1.87. The number of hydrogen-bond donors (Lipinski definition) is 8. The van der Waals surface area contributed by atoms with Crippen LogP contribution in [0.1, 0.15) is 31.7 Å². The maximum absolute atomic E-state index is 12.8. The molecule has 2 fully saturated rings. The number of ether oxygens (including phenoxy) is 1. The number of benzene rings is 1. The number of rotatable bonds is 7. The smallest absolute Gasteiger partial charge is 0.261 e. The first-order valence-electron chi connectivity index (χ1n) is 12.4. The molecule has 208 valence electrons. The molecule has 13 nitrogen and oxygen atoms in total. The van der Waals surface area contributed by atoms with Crippen molar-refractivity contribution in [2.45, 2.75) is 68.5 Å². The number of aliphatic hydroxyl groups is 6. The van der Waals surface area contributed by atoms with Crippen LogP contribution in [0.15, 0.2) is 30.4 Å². The number of nitrogens with one attached hydrogen (secondary N) is 2. The molecule has 4 rings (SSSR count). The van der Waals surface area contributed by atoms with E-state index in [-0.39, 0.29) is 36.2 Å². The lowest BCUT2D eigenvalue weighted by Crippen LogP contribution is -2.60. The van der Waals surface area contributed by atoms with E-state index in [1.807, 2.05) is 0 Å². The van der Waals surface area contributed by atoms with Crippen LogP contribution in [0, 0.1) is 5.92 Å². The van der Waals surface area contributed by atoms with Crippen LogP contribution >= 0.6 is 0 Å². The molecule has 0 aliphatic carbocycles. The Hall–Kier alpha value is -2.91. The zero-order valence-electron chi connectivity index (χ0n) is 20.7. The third kappa shape index (κ3) is 5.06. The molecule has 38 heavy (non-hydrogen) atoms. The van der Waals surface area contributed by atoms with Crippen molar-refractivity contribution in [2.75, 3.05) is 23.8 Å². The monoisotopic (exact) mass is 535 g/mol. The summed E-state index contributed by atoms with van der Waals surface area (Å²) in [6, 6.07) is 4.07. The van der Waals surface area contributed by atoms with E-state index in [0.29, 0.717) is 12.2 Å². The minimum Gasteiger partial charge on any atom is -0.394 e. The number of anilines is 2. The molecule has 0 radical (unpaired) electrons. The van der Waals surface area contributed by atoms with Gasteiger partial charge in [-0.05, 0) is 31.0 Å². The van der Waals surface area contributed by atoms with Gasteiger partial charge in [-0.3, -0.25) is 14.4 Å². The van der Waals surface area contributed by atoms with Crippen LogP contribution in [0.3, 0.4) is 0 Å². The highest BCUT2D eigenvalue weighted by Gasteiger charge is 2.49. The number of carbonyl (C=O) groups is 3. The molecule has 1 aromatic carbocycles. The molecule has 8 atom stereocenters. The Labute approximate surface area is 218 Å². The molecule has 3 aliphatic heterocycles. The van der Waals surface area contributed by atoms with Gasteiger partial charge in [0.15, 0.2) is 18.0 Å². The van der Waals surface area contributed by atoms with E-state index in [9.17, 15) is 45.0 Å². The molecule has 2 saturated heterocycles. The Bertz CT molecular complexity index is 1110. The van der Waals surface area contributed by atoms with E-state index in [4.69, 9.17) is 4.74 Å². The van der Waals surface area contributed by atoms with E-state index in [1.54, 1.807) is 24.0 Å². The summed E-state index contributed by atoms with van der Waals surface area (Å²) in [5.41, 5.74) is -1.40. The minimum atomic E-state index is -2.02. The number of aliphatic hydroxyl groups excluding tert-OH is 5. The second-order valence-corrected chi connectivity index (χ2v) is 9.88. The van der Waals surface area contributed by atoms with Crippen molar-refractivity contribution in [3.63, 3.8) is 0 Å². The normalized spacial score (nSPS) is 33.8. The maximum atomic E-state index is 12.8. The number of amides is 3.